The quantitative estimate of drug-likeness (QED) is 0.484. The Kier molecular flexibility index (Phi) is 6.41. The number of fused-ring (bicyclic) bond motifs is 3. The van der Waals surface area contributed by atoms with Crippen molar-refractivity contribution in [3.8, 4) is 5.75 Å². The Morgan fingerprint density at radius 3 is 2.88 bits per heavy atom. The Hall–Kier alpha value is -2.97. The van der Waals surface area contributed by atoms with Crippen molar-refractivity contribution >= 4 is 23.2 Å². The van der Waals surface area contributed by atoms with E-state index in [0.717, 1.165) is 22.6 Å². The molecule has 1 aliphatic heterocycles. The minimum absolute atomic E-state index is 0.0585. The van der Waals surface area contributed by atoms with Crippen LogP contribution in [-0.4, -0.2) is 56.5 Å². The first-order chi connectivity index (χ1) is 15.7. The van der Waals surface area contributed by atoms with Gasteiger partial charge in [-0.25, -0.2) is 13.9 Å². The van der Waals surface area contributed by atoms with Gasteiger partial charge in [0.15, 0.2) is 5.65 Å². The van der Waals surface area contributed by atoms with E-state index in [2.05, 4.69) is 21.6 Å². The second kappa shape index (κ2) is 9.11. The molecule has 33 heavy (non-hydrogen) atoms. The summed E-state index contributed by atoms with van der Waals surface area (Å²) in [5.74, 6) is -0.465. The number of aromatic nitrogens is 3. The molecule has 1 atom stereocenters. The lowest BCUT2D eigenvalue weighted by Gasteiger charge is -2.24. The maximum Gasteiger partial charge on any atom is 0.258 e. The van der Waals surface area contributed by atoms with Crippen LogP contribution < -0.4 is 4.74 Å². The van der Waals surface area contributed by atoms with Crippen molar-refractivity contribution in [1.82, 2.24) is 24.4 Å². The molecule has 0 radical (unpaired) electrons. The van der Waals surface area contributed by atoms with Crippen molar-refractivity contribution in [1.29, 1.82) is 0 Å². The molecule has 2 aromatic heterocycles. The van der Waals surface area contributed by atoms with Crippen molar-refractivity contribution < 1.29 is 13.9 Å². The fourth-order valence-electron chi connectivity index (χ4n) is 3.94. The van der Waals surface area contributed by atoms with E-state index in [1.165, 1.54) is 18.2 Å². The summed E-state index contributed by atoms with van der Waals surface area (Å²) in [6.45, 7) is 11.2. The second-order valence-corrected chi connectivity index (χ2v) is 8.83. The SMILES string of the molecule is C=CCN(C)C(C)COc1cc(F)ccc1C(=O)N1Cc2nn3c(C)c(Cl)c(C)nc3c2C1. The van der Waals surface area contributed by atoms with Crippen LogP contribution in [0.5, 0.6) is 5.75 Å². The van der Waals surface area contributed by atoms with Crippen molar-refractivity contribution in [2.75, 3.05) is 20.2 Å². The second-order valence-electron chi connectivity index (χ2n) is 8.45. The molecule has 174 valence electrons. The number of nitrogens with zero attached hydrogens (tertiary/aromatic N) is 5. The summed E-state index contributed by atoms with van der Waals surface area (Å²) < 4.78 is 21.6. The van der Waals surface area contributed by atoms with Crippen LogP contribution >= 0.6 is 11.6 Å². The first-order valence-corrected chi connectivity index (χ1v) is 11.1. The Morgan fingerprint density at radius 2 is 2.15 bits per heavy atom. The Morgan fingerprint density at radius 1 is 1.39 bits per heavy atom. The first-order valence-electron chi connectivity index (χ1n) is 10.8. The zero-order valence-electron chi connectivity index (χ0n) is 19.2. The van der Waals surface area contributed by atoms with E-state index in [9.17, 15) is 9.18 Å². The molecule has 1 aliphatic rings. The smallest absolute Gasteiger partial charge is 0.258 e. The van der Waals surface area contributed by atoms with E-state index >= 15 is 0 Å². The maximum absolute atomic E-state index is 14.0. The minimum Gasteiger partial charge on any atom is -0.491 e. The molecule has 7 nitrogen and oxygen atoms in total. The molecule has 0 saturated heterocycles. The van der Waals surface area contributed by atoms with Crippen molar-refractivity contribution in [3.63, 3.8) is 0 Å². The standard InChI is InChI=1S/C24H27ClFN5O2/c1-6-9-29(5)14(2)13-33-21-10-17(26)7-8-18(21)24(32)30-11-19-20(12-30)28-31-16(4)22(25)15(3)27-23(19)31/h6-8,10,14H,1,9,11-13H2,2-5H3. The third kappa shape index (κ3) is 4.32. The van der Waals surface area contributed by atoms with E-state index in [0.29, 0.717) is 42.5 Å². The van der Waals surface area contributed by atoms with Crippen LogP contribution in [0.3, 0.4) is 0 Å². The van der Waals surface area contributed by atoms with Gasteiger partial charge in [0.05, 0.1) is 40.8 Å². The van der Waals surface area contributed by atoms with Crippen LogP contribution in [0, 0.1) is 19.7 Å². The molecule has 3 heterocycles. The molecule has 0 aliphatic carbocycles. The third-order valence-electron chi connectivity index (χ3n) is 6.07. The highest BCUT2D eigenvalue weighted by Crippen LogP contribution is 2.31. The van der Waals surface area contributed by atoms with Crippen molar-refractivity contribution in [2.24, 2.45) is 0 Å². The van der Waals surface area contributed by atoms with Crippen molar-refractivity contribution in [2.45, 2.75) is 39.9 Å². The molecule has 0 saturated carbocycles. The van der Waals surface area contributed by atoms with Crippen LogP contribution in [0.1, 0.15) is 39.9 Å². The number of rotatable bonds is 7. The largest absolute Gasteiger partial charge is 0.491 e. The van der Waals surface area contributed by atoms with Gasteiger partial charge >= 0.3 is 0 Å². The Balaban J connectivity index is 1.56. The van der Waals surface area contributed by atoms with Gasteiger partial charge in [-0.05, 0) is 40.0 Å². The van der Waals surface area contributed by atoms with E-state index in [1.54, 1.807) is 15.5 Å². The number of aryl methyl sites for hydroxylation is 2. The minimum atomic E-state index is -0.456. The molecular weight excluding hydrogens is 445 g/mol. The van der Waals surface area contributed by atoms with Gasteiger partial charge in [0.25, 0.3) is 5.91 Å². The highest BCUT2D eigenvalue weighted by molar-refractivity contribution is 6.31. The summed E-state index contributed by atoms with van der Waals surface area (Å²) >= 11 is 6.32. The lowest BCUT2D eigenvalue weighted by atomic mass is 10.1. The Bertz CT molecular complexity index is 1240. The first kappa shape index (κ1) is 23.2. The molecular formula is C24H27ClFN5O2. The molecule has 1 unspecified atom stereocenters. The van der Waals surface area contributed by atoms with Gasteiger partial charge in [0.1, 0.15) is 18.2 Å². The van der Waals surface area contributed by atoms with Gasteiger partial charge in [-0.3, -0.25) is 9.69 Å². The number of amides is 1. The summed E-state index contributed by atoms with van der Waals surface area (Å²) in [6.07, 6.45) is 1.81. The number of carbonyl (C=O) groups is 1. The summed E-state index contributed by atoms with van der Waals surface area (Å²) in [5.41, 5.74) is 4.24. The van der Waals surface area contributed by atoms with Crippen LogP contribution in [0.25, 0.3) is 5.65 Å². The predicted molar refractivity (Wildman–Crippen MR) is 125 cm³/mol. The molecule has 3 aromatic rings. The van der Waals surface area contributed by atoms with Crippen molar-refractivity contribution in [3.05, 3.63) is 69.9 Å². The molecule has 1 aromatic carbocycles. The highest BCUT2D eigenvalue weighted by atomic mass is 35.5. The van der Waals surface area contributed by atoms with Gasteiger partial charge in [-0.15, -0.1) is 6.58 Å². The fourth-order valence-corrected chi connectivity index (χ4v) is 4.06. The summed E-state index contributed by atoms with van der Waals surface area (Å²) in [5, 5.41) is 5.21. The average Bonchev–Trinajstić information content (AvgIpc) is 3.35. The molecule has 4 rings (SSSR count). The molecule has 0 fully saturated rings. The summed E-state index contributed by atoms with van der Waals surface area (Å²) in [4.78, 5) is 21.7. The lowest BCUT2D eigenvalue weighted by Crippen LogP contribution is -2.34. The number of hydrogen-bond donors (Lipinski definition) is 0. The van der Waals surface area contributed by atoms with Gasteiger partial charge < -0.3 is 9.64 Å². The number of benzene rings is 1. The zero-order valence-corrected chi connectivity index (χ0v) is 20.0. The molecule has 0 N–H and O–H groups in total. The number of ether oxygens (including phenoxy) is 1. The summed E-state index contributed by atoms with van der Waals surface area (Å²) in [7, 11) is 1.95. The molecule has 1 amide bonds. The van der Waals surface area contributed by atoms with E-state index in [4.69, 9.17) is 16.3 Å². The topological polar surface area (TPSA) is 63.0 Å². The molecule has 9 heteroatoms. The molecule has 0 bridgehead atoms. The van der Waals surface area contributed by atoms with Crippen LogP contribution in [0.4, 0.5) is 4.39 Å². The predicted octanol–water partition coefficient (Wildman–Crippen LogP) is 4.18. The number of carbonyl (C=O) groups excluding carboxylic acids is 1. The van der Waals surface area contributed by atoms with Gasteiger partial charge in [0, 0.05) is 24.2 Å². The number of halogens is 2. The van der Waals surface area contributed by atoms with E-state index < -0.39 is 5.82 Å². The lowest BCUT2D eigenvalue weighted by molar-refractivity contribution is 0.0743. The average molecular weight is 472 g/mol. The van der Waals surface area contributed by atoms with Gasteiger partial charge in [-0.1, -0.05) is 17.7 Å². The fraction of sp³-hybridized carbons (Fsp3) is 0.375. The monoisotopic (exact) mass is 471 g/mol. The number of likely N-dealkylation sites (N-methyl/N-ethyl adjacent to an activating group) is 1. The maximum atomic E-state index is 14.0. The highest BCUT2D eigenvalue weighted by Gasteiger charge is 2.31. The van der Waals surface area contributed by atoms with E-state index in [-0.39, 0.29) is 17.7 Å². The third-order valence-corrected chi connectivity index (χ3v) is 6.61. The Labute approximate surface area is 197 Å². The van der Waals surface area contributed by atoms with E-state index in [1.807, 2.05) is 27.8 Å². The normalized spacial score (nSPS) is 14.1. The van der Waals surface area contributed by atoms with Gasteiger partial charge in [-0.2, -0.15) is 5.10 Å². The summed E-state index contributed by atoms with van der Waals surface area (Å²) in [6, 6.07) is 4.07. The molecule has 0 spiro atoms. The van der Waals surface area contributed by atoms with Crippen LogP contribution in [0.2, 0.25) is 5.02 Å². The van der Waals surface area contributed by atoms with Crippen LogP contribution in [0.15, 0.2) is 30.9 Å². The van der Waals surface area contributed by atoms with Gasteiger partial charge in [0.2, 0.25) is 0 Å². The zero-order chi connectivity index (χ0) is 23.9. The van der Waals surface area contributed by atoms with Crippen LogP contribution in [-0.2, 0) is 13.1 Å². The number of hydrogen-bond acceptors (Lipinski definition) is 5.